The van der Waals surface area contributed by atoms with Gasteiger partial charge in [-0.3, -0.25) is 4.57 Å². The van der Waals surface area contributed by atoms with Gasteiger partial charge in [0.15, 0.2) is 0 Å². The first-order valence-corrected chi connectivity index (χ1v) is 12.0. The highest BCUT2D eigenvalue weighted by Gasteiger charge is 2.34. The van der Waals surface area contributed by atoms with Gasteiger partial charge in [-0.1, -0.05) is 6.07 Å². The van der Waals surface area contributed by atoms with Crippen molar-refractivity contribution >= 4 is 10.0 Å². The Hall–Kier alpha value is -1.93. The normalized spacial score (nSPS) is 20.8. The van der Waals surface area contributed by atoms with E-state index in [1.54, 1.807) is 22.0 Å². The molecule has 29 heavy (non-hydrogen) atoms. The van der Waals surface area contributed by atoms with Crippen LogP contribution in [0.5, 0.6) is 0 Å². The molecule has 0 amide bonds. The molecule has 8 heteroatoms. The molecule has 2 heterocycles. The Morgan fingerprint density at radius 1 is 1.10 bits per heavy atom. The average molecular weight is 419 g/mol. The number of aromatic nitrogens is 3. The lowest BCUT2D eigenvalue weighted by atomic mass is 9.92. The molecule has 1 aliphatic carbocycles. The molecule has 2 aromatic rings. The van der Waals surface area contributed by atoms with E-state index in [2.05, 4.69) is 5.10 Å². The number of nitrogens with zero attached hydrogens (tertiary/aromatic N) is 4. The highest BCUT2D eigenvalue weighted by atomic mass is 32.2. The van der Waals surface area contributed by atoms with E-state index in [4.69, 9.17) is 0 Å². The molecule has 0 bridgehead atoms. The molecule has 1 aromatic carbocycles. The number of fused-ring (bicyclic) bond motifs is 1. The highest BCUT2D eigenvalue weighted by Crippen LogP contribution is 2.31. The van der Waals surface area contributed by atoms with Crippen LogP contribution in [-0.2, 0) is 29.9 Å². The van der Waals surface area contributed by atoms with Crippen LogP contribution in [0.1, 0.15) is 68.4 Å². The Kier molecular flexibility index (Phi) is 5.42. The second-order valence-corrected chi connectivity index (χ2v) is 10.5. The van der Waals surface area contributed by atoms with Crippen molar-refractivity contribution in [3.8, 4) is 0 Å². The Morgan fingerprint density at radius 2 is 1.83 bits per heavy atom. The summed E-state index contributed by atoms with van der Waals surface area (Å²) in [5, 5.41) is 4.45. The van der Waals surface area contributed by atoms with Crippen molar-refractivity contribution in [2.45, 2.75) is 69.2 Å². The first-order valence-electron chi connectivity index (χ1n) is 10.6. The van der Waals surface area contributed by atoms with Crippen molar-refractivity contribution in [1.82, 2.24) is 18.7 Å². The van der Waals surface area contributed by atoms with Gasteiger partial charge in [-0.25, -0.2) is 17.9 Å². The lowest BCUT2D eigenvalue weighted by Crippen LogP contribution is -2.40. The maximum Gasteiger partial charge on any atom is 0.345 e. The molecular weight excluding hydrogens is 388 g/mol. The maximum absolute atomic E-state index is 13.4. The van der Waals surface area contributed by atoms with Crippen LogP contribution in [-0.4, -0.2) is 40.2 Å². The monoisotopic (exact) mass is 418 g/mol. The van der Waals surface area contributed by atoms with Crippen LogP contribution in [0.4, 0.5) is 0 Å². The summed E-state index contributed by atoms with van der Waals surface area (Å²) < 4.78 is 31.4. The standard InChI is InChI=1S/C21H30N4O3S/c1-15(2)25-20(22-23(3)21(25)26)18-9-6-12-24(14-18)29(27,28)19-11-10-16-7-4-5-8-17(16)13-19/h10-11,13,15,18H,4-9,12,14H2,1-3H3. The van der Waals surface area contributed by atoms with E-state index in [9.17, 15) is 13.2 Å². The van der Waals surface area contributed by atoms with Gasteiger partial charge in [-0.15, -0.1) is 0 Å². The number of aryl methyl sites for hydroxylation is 3. The first kappa shape index (κ1) is 20.3. The van der Waals surface area contributed by atoms with E-state index in [1.807, 2.05) is 26.0 Å². The van der Waals surface area contributed by atoms with Crippen LogP contribution in [0.15, 0.2) is 27.9 Å². The largest absolute Gasteiger partial charge is 0.345 e. The van der Waals surface area contributed by atoms with Gasteiger partial charge in [0, 0.05) is 32.1 Å². The molecule has 2 aliphatic rings. The molecule has 7 nitrogen and oxygen atoms in total. The van der Waals surface area contributed by atoms with Crippen molar-refractivity contribution in [1.29, 1.82) is 0 Å². The minimum absolute atomic E-state index is 0.0150. The molecule has 4 rings (SSSR count). The van der Waals surface area contributed by atoms with Gasteiger partial charge in [-0.05, 0) is 75.6 Å². The zero-order valence-electron chi connectivity index (χ0n) is 17.5. The molecule has 1 unspecified atom stereocenters. The number of piperidine rings is 1. The van der Waals surface area contributed by atoms with Crippen molar-refractivity contribution < 1.29 is 8.42 Å². The predicted octanol–water partition coefficient (Wildman–Crippen LogP) is 2.61. The minimum atomic E-state index is -3.56. The van der Waals surface area contributed by atoms with Crippen molar-refractivity contribution in [3.05, 3.63) is 45.6 Å². The SMILES string of the molecule is CC(C)n1c(C2CCCN(S(=O)(=O)c3ccc4c(c3)CCCC4)C2)nn(C)c1=O. The Bertz CT molecular complexity index is 1070. The van der Waals surface area contributed by atoms with Gasteiger partial charge in [-0.2, -0.15) is 9.40 Å². The molecule has 1 aromatic heterocycles. The molecule has 1 atom stereocenters. The predicted molar refractivity (Wildman–Crippen MR) is 112 cm³/mol. The Morgan fingerprint density at radius 3 is 2.55 bits per heavy atom. The van der Waals surface area contributed by atoms with Gasteiger partial charge < -0.3 is 0 Å². The third-order valence-corrected chi connectivity index (χ3v) is 8.07. The molecule has 1 aliphatic heterocycles. The molecule has 0 N–H and O–H groups in total. The quantitative estimate of drug-likeness (QED) is 0.765. The van der Waals surface area contributed by atoms with Gasteiger partial charge >= 0.3 is 5.69 Å². The number of hydrogen-bond acceptors (Lipinski definition) is 4. The summed E-state index contributed by atoms with van der Waals surface area (Å²) in [6.45, 7) is 4.78. The number of sulfonamides is 1. The van der Waals surface area contributed by atoms with Crippen LogP contribution in [0.3, 0.4) is 0 Å². The van der Waals surface area contributed by atoms with Gasteiger partial charge in [0.05, 0.1) is 4.90 Å². The fraction of sp³-hybridized carbons (Fsp3) is 0.619. The van der Waals surface area contributed by atoms with Gasteiger partial charge in [0.1, 0.15) is 5.82 Å². The average Bonchev–Trinajstić information content (AvgIpc) is 3.02. The second-order valence-electron chi connectivity index (χ2n) is 8.57. The summed E-state index contributed by atoms with van der Waals surface area (Å²) in [6.07, 6.45) is 5.88. The second kappa shape index (κ2) is 7.72. The van der Waals surface area contributed by atoms with Crippen molar-refractivity contribution in [2.24, 2.45) is 7.05 Å². The van der Waals surface area contributed by atoms with Crippen LogP contribution in [0.2, 0.25) is 0 Å². The number of hydrogen-bond donors (Lipinski definition) is 0. The Labute approximate surface area is 172 Å². The lowest BCUT2D eigenvalue weighted by molar-refractivity contribution is 0.301. The third-order valence-electron chi connectivity index (χ3n) is 6.21. The lowest BCUT2D eigenvalue weighted by Gasteiger charge is -2.32. The van der Waals surface area contributed by atoms with Crippen LogP contribution < -0.4 is 5.69 Å². The van der Waals surface area contributed by atoms with Crippen molar-refractivity contribution in [2.75, 3.05) is 13.1 Å². The molecule has 1 saturated heterocycles. The summed E-state index contributed by atoms with van der Waals surface area (Å²) in [7, 11) is -1.91. The molecule has 0 radical (unpaired) electrons. The van der Waals surface area contributed by atoms with Crippen LogP contribution in [0.25, 0.3) is 0 Å². The van der Waals surface area contributed by atoms with E-state index in [1.165, 1.54) is 22.2 Å². The minimum Gasteiger partial charge on any atom is -0.276 e. The van der Waals surface area contributed by atoms with E-state index in [0.29, 0.717) is 23.8 Å². The summed E-state index contributed by atoms with van der Waals surface area (Å²) in [4.78, 5) is 12.8. The van der Waals surface area contributed by atoms with E-state index >= 15 is 0 Å². The van der Waals surface area contributed by atoms with Crippen LogP contribution in [0, 0.1) is 0 Å². The fourth-order valence-corrected chi connectivity index (χ4v) is 6.23. The third kappa shape index (κ3) is 3.68. The summed E-state index contributed by atoms with van der Waals surface area (Å²) >= 11 is 0. The fourth-order valence-electron chi connectivity index (χ4n) is 4.65. The zero-order chi connectivity index (χ0) is 20.8. The van der Waals surface area contributed by atoms with E-state index in [-0.39, 0.29) is 17.6 Å². The summed E-state index contributed by atoms with van der Waals surface area (Å²) in [5.74, 6) is 0.616. The van der Waals surface area contributed by atoms with Gasteiger partial charge in [0.2, 0.25) is 10.0 Å². The first-order chi connectivity index (χ1) is 13.8. The van der Waals surface area contributed by atoms with Gasteiger partial charge in [0.25, 0.3) is 0 Å². The molecule has 0 spiro atoms. The topological polar surface area (TPSA) is 77.2 Å². The highest BCUT2D eigenvalue weighted by molar-refractivity contribution is 7.89. The molecular formula is C21H30N4O3S. The van der Waals surface area contributed by atoms with Crippen LogP contribution >= 0.6 is 0 Å². The smallest absolute Gasteiger partial charge is 0.276 e. The summed E-state index contributed by atoms with van der Waals surface area (Å²) in [5.41, 5.74) is 2.30. The molecule has 0 saturated carbocycles. The number of rotatable bonds is 4. The van der Waals surface area contributed by atoms with Crippen molar-refractivity contribution in [3.63, 3.8) is 0 Å². The Balaban J connectivity index is 1.63. The number of benzene rings is 1. The molecule has 1 fully saturated rings. The zero-order valence-corrected chi connectivity index (χ0v) is 18.3. The maximum atomic E-state index is 13.4. The summed E-state index contributed by atoms with van der Waals surface area (Å²) in [6, 6.07) is 5.60. The molecule has 158 valence electrons. The van der Waals surface area contributed by atoms with E-state index < -0.39 is 10.0 Å². The van der Waals surface area contributed by atoms with E-state index in [0.717, 1.165) is 32.1 Å².